The van der Waals surface area contributed by atoms with Crippen LogP contribution in [0.25, 0.3) is 110 Å². The van der Waals surface area contributed by atoms with Crippen molar-refractivity contribution in [3.8, 4) is 33.5 Å². The summed E-state index contributed by atoms with van der Waals surface area (Å²) in [6.07, 6.45) is 1.94. The van der Waals surface area contributed by atoms with Crippen LogP contribution in [0.15, 0.2) is 155 Å². The molecule has 12 rings (SSSR count). The predicted octanol–water partition coefficient (Wildman–Crippen LogP) is 13.4. The van der Waals surface area contributed by atoms with Gasteiger partial charge in [-0.25, -0.2) is 4.98 Å². The fourth-order valence-electron chi connectivity index (χ4n) is 9.15. The first-order valence-corrected chi connectivity index (χ1v) is 18.1. The van der Waals surface area contributed by atoms with Crippen molar-refractivity contribution in [1.82, 2.24) is 9.97 Å². The number of hydrogen-bond donors (Lipinski definition) is 0. The number of aromatic nitrogens is 2. The Morgan fingerprint density at radius 2 is 1.04 bits per heavy atom. The lowest BCUT2D eigenvalue weighted by Crippen LogP contribution is -2.15. The van der Waals surface area contributed by atoms with Gasteiger partial charge in [-0.2, -0.15) is 0 Å². The molecule has 0 spiro atoms. The van der Waals surface area contributed by atoms with E-state index in [1.54, 1.807) is 0 Å². The van der Waals surface area contributed by atoms with E-state index < -0.39 is 0 Å². The van der Waals surface area contributed by atoms with Crippen LogP contribution >= 0.6 is 0 Å². The molecule has 0 saturated heterocycles. The second-order valence-electron chi connectivity index (χ2n) is 14.9. The van der Waals surface area contributed by atoms with Crippen LogP contribution in [0.3, 0.4) is 0 Å². The lowest BCUT2D eigenvalue weighted by Gasteiger charge is -2.22. The molecule has 53 heavy (non-hydrogen) atoms. The van der Waals surface area contributed by atoms with Gasteiger partial charge in [0, 0.05) is 48.9 Å². The standard InChI is InChI=1S/C49H30N2O2/c1-49(2)38-23-27(40-26-50-46-34-14-5-3-11-29(34)30-12-4-6-15-35(30)47(46)51-40)19-21-31(38)32-22-20-28(24-39(32)49)44-45-36-16-8-10-18-42(36)52-43(45)25-37-33-13-7-9-17-41(33)53-48(37)44/h3-26H,1-2H3. The molecular weight excluding hydrogens is 649 g/mol. The van der Waals surface area contributed by atoms with Crippen LogP contribution in [0, 0.1) is 0 Å². The van der Waals surface area contributed by atoms with Crippen LogP contribution in [-0.4, -0.2) is 9.97 Å². The van der Waals surface area contributed by atoms with Crippen molar-refractivity contribution < 1.29 is 8.83 Å². The molecule has 11 aromatic rings. The summed E-state index contributed by atoms with van der Waals surface area (Å²) in [7, 11) is 0. The van der Waals surface area contributed by atoms with E-state index in [1.807, 2.05) is 30.5 Å². The molecule has 0 unspecified atom stereocenters. The summed E-state index contributed by atoms with van der Waals surface area (Å²) in [4.78, 5) is 10.4. The molecule has 0 N–H and O–H groups in total. The highest BCUT2D eigenvalue weighted by molar-refractivity contribution is 6.24. The van der Waals surface area contributed by atoms with Crippen LogP contribution in [0.4, 0.5) is 0 Å². The van der Waals surface area contributed by atoms with Gasteiger partial charge in [-0.15, -0.1) is 0 Å². The molecular formula is C49H30N2O2. The minimum absolute atomic E-state index is 0.261. The summed E-state index contributed by atoms with van der Waals surface area (Å²) < 4.78 is 13.2. The molecule has 8 aromatic carbocycles. The SMILES string of the molecule is CC1(C)c2cc(-c3cnc4c5ccccc5c5ccccc5c4n3)ccc2-c2ccc(-c3c4oc5ccccc5c4cc4oc5ccccc5c34)cc21. The zero-order chi connectivity index (χ0) is 35.0. The Hall–Kier alpha value is -6.78. The van der Waals surface area contributed by atoms with Gasteiger partial charge in [0.05, 0.1) is 22.9 Å². The number of para-hydroxylation sites is 2. The first-order chi connectivity index (χ1) is 26.0. The predicted molar refractivity (Wildman–Crippen MR) is 218 cm³/mol. The van der Waals surface area contributed by atoms with Crippen molar-refractivity contribution in [3.05, 3.63) is 157 Å². The molecule has 0 amide bonds. The minimum Gasteiger partial charge on any atom is -0.456 e. The fourth-order valence-corrected chi connectivity index (χ4v) is 9.15. The normalized spacial score (nSPS) is 13.6. The Balaban J connectivity index is 1.04. The molecule has 0 radical (unpaired) electrons. The summed E-state index contributed by atoms with van der Waals surface area (Å²) in [5, 5.41) is 8.96. The number of benzene rings is 8. The van der Waals surface area contributed by atoms with Gasteiger partial charge >= 0.3 is 0 Å². The summed E-state index contributed by atoms with van der Waals surface area (Å²) in [5.41, 5.74) is 14.3. The lowest BCUT2D eigenvalue weighted by molar-refractivity contribution is 0.660. The lowest BCUT2D eigenvalue weighted by atomic mass is 9.80. The van der Waals surface area contributed by atoms with Gasteiger partial charge in [0.25, 0.3) is 0 Å². The largest absolute Gasteiger partial charge is 0.456 e. The van der Waals surface area contributed by atoms with Crippen LogP contribution in [0.5, 0.6) is 0 Å². The van der Waals surface area contributed by atoms with Crippen LogP contribution in [-0.2, 0) is 5.41 Å². The molecule has 0 atom stereocenters. The number of fused-ring (bicyclic) bond motifs is 15. The van der Waals surface area contributed by atoms with E-state index in [4.69, 9.17) is 18.8 Å². The van der Waals surface area contributed by atoms with Crippen molar-refractivity contribution in [2.24, 2.45) is 0 Å². The average molecular weight is 679 g/mol. The number of rotatable bonds is 2. The second-order valence-corrected chi connectivity index (χ2v) is 14.9. The zero-order valence-electron chi connectivity index (χ0n) is 29.1. The molecule has 3 heterocycles. The van der Waals surface area contributed by atoms with Gasteiger partial charge in [0.2, 0.25) is 0 Å². The first kappa shape index (κ1) is 28.9. The Kier molecular flexibility index (Phi) is 5.54. The highest BCUT2D eigenvalue weighted by atomic mass is 16.3. The van der Waals surface area contributed by atoms with Gasteiger partial charge in [0.15, 0.2) is 0 Å². The maximum Gasteiger partial charge on any atom is 0.144 e. The van der Waals surface area contributed by atoms with E-state index in [0.717, 1.165) is 88.1 Å². The van der Waals surface area contributed by atoms with Crippen molar-refractivity contribution in [2.75, 3.05) is 0 Å². The van der Waals surface area contributed by atoms with E-state index in [9.17, 15) is 0 Å². The Morgan fingerprint density at radius 1 is 0.472 bits per heavy atom. The molecule has 248 valence electrons. The van der Waals surface area contributed by atoms with Gasteiger partial charge in [-0.1, -0.05) is 123 Å². The maximum absolute atomic E-state index is 6.69. The van der Waals surface area contributed by atoms with E-state index in [1.165, 1.54) is 33.0 Å². The molecule has 0 saturated carbocycles. The fraction of sp³-hybridized carbons (Fsp3) is 0.0612. The molecule has 1 aliphatic rings. The first-order valence-electron chi connectivity index (χ1n) is 18.1. The Labute approximate surface area is 303 Å². The summed E-state index contributed by atoms with van der Waals surface area (Å²) in [6.45, 7) is 4.67. The van der Waals surface area contributed by atoms with Gasteiger partial charge in [-0.3, -0.25) is 4.98 Å². The van der Waals surface area contributed by atoms with Crippen molar-refractivity contribution in [2.45, 2.75) is 19.3 Å². The number of nitrogens with zero attached hydrogens (tertiary/aromatic N) is 2. The van der Waals surface area contributed by atoms with Crippen molar-refractivity contribution in [1.29, 1.82) is 0 Å². The minimum atomic E-state index is -0.261. The summed E-state index contributed by atoms with van der Waals surface area (Å²) in [5.74, 6) is 0. The van der Waals surface area contributed by atoms with Gasteiger partial charge in [0.1, 0.15) is 22.3 Å². The van der Waals surface area contributed by atoms with Crippen molar-refractivity contribution >= 4 is 76.5 Å². The van der Waals surface area contributed by atoms with Gasteiger partial charge < -0.3 is 8.83 Å². The van der Waals surface area contributed by atoms with E-state index in [2.05, 4.69) is 129 Å². The smallest absolute Gasteiger partial charge is 0.144 e. The van der Waals surface area contributed by atoms with Gasteiger partial charge in [-0.05, 0) is 68.9 Å². The summed E-state index contributed by atoms with van der Waals surface area (Å²) in [6, 6.07) is 49.5. The quantitative estimate of drug-likeness (QED) is 0.171. The third-order valence-electron chi connectivity index (χ3n) is 11.7. The van der Waals surface area contributed by atoms with E-state index in [0.29, 0.717) is 0 Å². The van der Waals surface area contributed by atoms with Crippen LogP contribution in [0.1, 0.15) is 25.0 Å². The van der Waals surface area contributed by atoms with Crippen LogP contribution in [0.2, 0.25) is 0 Å². The monoisotopic (exact) mass is 678 g/mol. The Morgan fingerprint density at radius 3 is 1.75 bits per heavy atom. The molecule has 0 aliphatic heterocycles. The zero-order valence-corrected chi connectivity index (χ0v) is 29.1. The van der Waals surface area contributed by atoms with Crippen molar-refractivity contribution in [3.63, 3.8) is 0 Å². The molecule has 4 heteroatoms. The molecule has 4 nitrogen and oxygen atoms in total. The molecule has 0 fully saturated rings. The molecule has 0 bridgehead atoms. The third-order valence-corrected chi connectivity index (χ3v) is 11.7. The topological polar surface area (TPSA) is 52.1 Å². The number of hydrogen-bond acceptors (Lipinski definition) is 4. The maximum atomic E-state index is 6.69. The second kappa shape index (κ2) is 10.2. The Bertz CT molecular complexity index is 3340. The average Bonchev–Trinajstić information content (AvgIpc) is 3.84. The summed E-state index contributed by atoms with van der Waals surface area (Å²) >= 11 is 0. The third kappa shape index (κ3) is 3.84. The van der Waals surface area contributed by atoms with E-state index >= 15 is 0 Å². The number of furan rings is 2. The molecule has 1 aliphatic carbocycles. The highest BCUT2D eigenvalue weighted by Crippen LogP contribution is 2.52. The van der Waals surface area contributed by atoms with Crippen LogP contribution < -0.4 is 0 Å². The van der Waals surface area contributed by atoms with E-state index in [-0.39, 0.29) is 5.41 Å². The molecule has 3 aromatic heterocycles. The highest BCUT2D eigenvalue weighted by Gasteiger charge is 2.36.